The summed E-state index contributed by atoms with van der Waals surface area (Å²) in [6.45, 7) is 4.87. The molecule has 1 heteroatoms. The van der Waals surface area contributed by atoms with Crippen molar-refractivity contribution in [2.24, 2.45) is 0 Å². The van der Waals surface area contributed by atoms with E-state index in [9.17, 15) is 0 Å². The van der Waals surface area contributed by atoms with Crippen molar-refractivity contribution in [1.29, 1.82) is 0 Å². The fourth-order valence-electron chi connectivity index (χ4n) is 1.16. The van der Waals surface area contributed by atoms with Crippen LogP contribution in [0.15, 0.2) is 11.8 Å². The minimum atomic E-state index is -0.771. The molecule has 1 rings (SSSR count). The molecule has 0 aromatic carbocycles. The lowest BCUT2D eigenvalue weighted by molar-refractivity contribution is 0.921. The summed E-state index contributed by atoms with van der Waals surface area (Å²) in [6.07, 6.45) is 5.13. The molecule has 1 heterocycles. The van der Waals surface area contributed by atoms with E-state index in [1.165, 1.54) is 18.9 Å². The van der Waals surface area contributed by atoms with Gasteiger partial charge in [-0.3, -0.25) is 0 Å². The molecule has 0 radical (unpaired) electrons. The Labute approximate surface area is 52.6 Å². The number of hydrogen-bond acceptors (Lipinski definition) is 0. The van der Waals surface area contributed by atoms with Crippen LogP contribution in [-0.4, -0.2) is 8.07 Å². The molecule has 0 fully saturated rings. The predicted molar refractivity (Wildman–Crippen MR) is 40.7 cm³/mol. The number of hydrogen-bond donors (Lipinski definition) is 0. The second kappa shape index (κ2) is 2.06. The SMILES string of the molecule is C[Si]1(C)C=CCCC1. The van der Waals surface area contributed by atoms with Crippen LogP contribution in [0, 0.1) is 0 Å². The second-order valence-electron chi connectivity index (χ2n) is 3.28. The molecule has 0 saturated carbocycles. The van der Waals surface area contributed by atoms with Crippen molar-refractivity contribution in [2.75, 3.05) is 0 Å². The van der Waals surface area contributed by atoms with Gasteiger partial charge >= 0.3 is 0 Å². The Morgan fingerprint density at radius 3 is 2.38 bits per heavy atom. The maximum absolute atomic E-state index is 2.47. The molecule has 8 heavy (non-hydrogen) atoms. The standard InChI is InChI=1S/C7H14Si/c1-8(2)6-4-3-5-7-8/h4,6H,3,5,7H2,1-2H3. The maximum Gasteiger partial charge on any atom is 0.0713 e. The molecule has 0 atom stereocenters. The van der Waals surface area contributed by atoms with Gasteiger partial charge in [0.05, 0.1) is 8.07 Å². The molecule has 46 valence electrons. The first-order valence-corrected chi connectivity index (χ1v) is 6.67. The second-order valence-corrected chi connectivity index (χ2v) is 8.09. The Hall–Kier alpha value is -0.0431. The molecule has 0 spiro atoms. The average molecular weight is 126 g/mol. The Bertz CT molecular complexity index is 103. The van der Waals surface area contributed by atoms with Crippen LogP contribution in [0.2, 0.25) is 19.1 Å². The van der Waals surface area contributed by atoms with Gasteiger partial charge in [-0.15, -0.1) is 0 Å². The fraction of sp³-hybridized carbons (Fsp3) is 0.714. The summed E-state index contributed by atoms with van der Waals surface area (Å²) >= 11 is 0. The van der Waals surface area contributed by atoms with Crippen LogP contribution >= 0.6 is 0 Å². The maximum atomic E-state index is 2.47. The Morgan fingerprint density at radius 2 is 2.12 bits per heavy atom. The molecule has 0 amide bonds. The first kappa shape index (κ1) is 6.08. The van der Waals surface area contributed by atoms with Gasteiger partial charge in [-0.05, 0) is 6.42 Å². The number of rotatable bonds is 0. The molecule has 0 saturated heterocycles. The van der Waals surface area contributed by atoms with Gasteiger partial charge in [0.15, 0.2) is 0 Å². The van der Waals surface area contributed by atoms with Crippen LogP contribution in [0.4, 0.5) is 0 Å². The zero-order chi connectivity index (χ0) is 6.04. The van der Waals surface area contributed by atoms with Crippen molar-refractivity contribution in [3.63, 3.8) is 0 Å². The van der Waals surface area contributed by atoms with Crippen LogP contribution in [0.5, 0.6) is 0 Å². The number of allylic oxidation sites excluding steroid dienone is 1. The first-order chi connectivity index (χ1) is 3.71. The molecule has 0 aliphatic carbocycles. The minimum absolute atomic E-state index is 0.771. The molecule has 1 aliphatic rings. The van der Waals surface area contributed by atoms with Crippen LogP contribution < -0.4 is 0 Å². The average Bonchev–Trinajstić information content (AvgIpc) is 1.65. The van der Waals surface area contributed by atoms with E-state index >= 15 is 0 Å². The van der Waals surface area contributed by atoms with Crippen molar-refractivity contribution in [3.05, 3.63) is 11.8 Å². The zero-order valence-electron chi connectivity index (χ0n) is 5.78. The molecule has 0 unspecified atom stereocenters. The highest BCUT2D eigenvalue weighted by Crippen LogP contribution is 2.19. The van der Waals surface area contributed by atoms with Crippen molar-refractivity contribution in [1.82, 2.24) is 0 Å². The summed E-state index contributed by atoms with van der Waals surface area (Å²) in [7, 11) is -0.771. The van der Waals surface area contributed by atoms with E-state index in [1.807, 2.05) is 0 Å². The van der Waals surface area contributed by atoms with Gasteiger partial charge in [-0.25, -0.2) is 0 Å². The van der Waals surface area contributed by atoms with Gasteiger partial charge < -0.3 is 0 Å². The van der Waals surface area contributed by atoms with Crippen LogP contribution in [0.25, 0.3) is 0 Å². The summed E-state index contributed by atoms with van der Waals surface area (Å²) in [6, 6.07) is 1.50. The van der Waals surface area contributed by atoms with E-state index in [-0.39, 0.29) is 0 Å². The zero-order valence-corrected chi connectivity index (χ0v) is 6.78. The van der Waals surface area contributed by atoms with E-state index in [4.69, 9.17) is 0 Å². The van der Waals surface area contributed by atoms with E-state index in [2.05, 4.69) is 24.9 Å². The molecule has 0 aromatic rings. The van der Waals surface area contributed by atoms with Gasteiger partial charge in [0, 0.05) is 0 Å². The smallest absolute Gasteiger partial charge is 0.0713 e. The van der Waals surface area contributed by atoms with E-state index in [1.54, 1.807) is 0 Å². The monoisotopic (exact) mass is 126 g/mol. The van der Waals surface area contributed by atoms with Gasteiger partial charge in [-0.2, -0.15) is 0 Å². The van der Waals surface area contributed by atoms with Crippen LogP contribution in [0.1, 0.15) is 12.8 Å². The highest BCUT2D eigenvalue weighted by molar-refractivity contribution is 6.82. The summed E-state index contributed by atoms with van der Waals surface area (Å²) in [5.74, 6) is 0. The van der Waals surface area contributed by atoms with Gasteiger partial charge in [0.25, 0.3) is 0 Å². The topological polar surface area (TPSA) is 0 Å². The molecule has 0 nitrogen and oxygen atoms in total. The third-order valence-electron chi connectivity index (χ3n) is 1.76. The Kier molecular flexibility index (Phi) is 1.56. The van der Waals surface area contributed by atoms with Crippen molar-refractivity contribution in [3.8, 4) is 0 Å². The molecule has 0 N–H and O–H groups in total. The summed E-state index contributed by atoms with van der Waals surface area (Å²) in [5.41, 5.74) is 2.47. The van der Waals surface area contributed by atoms with Crippen LogP contribution in [0.3, 0.4) is 0 Å². The van der Waals surface area contributed by atoms with Crippen molar-refractivity contribution < 1.29 is 0 Å². The quantitative estimate of drug-likeness (QED) is 0.438. The summed E-state index contributed by atoms with van der Waals surface area (Å²) in [4.78, 5) is 0. The van der Waals surface area contributed by atoms with Crippen molar-refractivity contribution in [2.45, 2.75) is 32.0 Å². The predicted octanol–water partition coefficient (Wildman–Crippen LogP) is 2.58. The summed E-state index contributed by atoms with van der Waals surface area (Å²) in [5, 5.41) is 0. The van der Waals surface area contributed by atoms with Gasteiger partial charge in [0.2, 0.25) is 0 Å². The molecule has 0 bridgehead atoms. The van der Waals surface area contributed by atoms with Gasteiger partial charge in [-0.1, -0.05) is 37.3 Å². The Morgan fingerprint density at radius 1 is 1.38 bits per heavy atom. The molecule has 1 aliphatic heterocycles. The highest BCUT2D eigenvalue weighted by atomic mass is 28.3. The first-order valence-electron chi connectivity index (χ1n) is 3.38. The fourth-order valence-corrected chi connectivity index (χ4v) is 3.25. The molecule has 0 aromatic heterocycles. The van der Waals surface area contributed by atoms with Gasteiger partial charge in [0.1, 0.15) is 0 Å². The van der Waals surface area contributed by atoms with Crippen LogP contribution in [-0.2, 0) is 0 Å². The van der Waals surface area contributed by atoms with E-state index < -0.39 is 8.07 Å². The van der Waals surface area contributed by atoms with E-state index in [0.717, 1.165) is 0 Å². The molecular weight excluding hydrogens is 112 g/mol. The van der Waals surface area contributed by atoms with Crippen molar-refractivity contribution >= 4 is 8.07 Å². The lowest BCUT2D eigenvalue weighted by atomic mass is 10.3. The molecular formula is C7H14Si. The summed E-state index contributed by atoms with van der Waals surface area (Å²) < 4.78 is 0. The third kappa shape index (κ3) is 1.48. The minimum Gasteiger partial charge on any atom is -0.0986 e. The lowest BCUT2D eigenvalue weighted by Crippen LogP contribution is -2.23. The Balaban J connectivity index is 2.56. The lowest BCUT2D eigenvalue weighted by Gasteiger charge is -2.20. The van der Waals surface area contributed by atoms with E-state index in [0.29, 0.717) is 0 Å². The normalized spacial score (nSPS) is 25.8. The largest absolute Gasteiger partial charge is 0.0986 e. The highest BCUT2D eigenvalue weighted by Gasteiger charge is 2.17. The third-order valence-corrected chi connectivity index (χ3v) is 4.54.